The van der Waals surface area contributed by atoms with Gasteiger partial charge in [-0.2, -0.15) is 10.2 Å². The number of nitriles is 1. The summed E-state index contributed by atoms with van der Waals surface area (Å²) in [6.45, 7) is 1.69. The number of hydrogen-bond donors (Lipinski definition) is 1. The van der Waals surface area contributed by atoms with Crippen LogP contribution in [0.2, 0.25) is 0 Å². The molecule has 1 aromatic heterocycles. The van der Waals surface area contributed by atoms with E-state index in [2.05, 4.69) is 15.5 Å². The van der Waals surface area contributed by atoms with E-state index in [9.17, 15) is 4.79 Å². The second kappa shape index (κ2) is 5.10. The summed E-state index contributed by atoms with van der Waals surface area (Å²) < 4.78 is 4.84. The van der Waals surface area contributed by atoms with E-state index in [4.69, 9.17) is 9.78 Å². The molecule has 1 amide bonds. The average molecular weight is 242 g/mol. The van der Waals surface area contributed by atoms with Gasteiger partial charge in [0.1, 0.15) is 6.42 Å². The van der Waals surface area contributed by atoms with Crippen molar-refractivity contribution in [3.8, 4) is 6.07 Å². The van der Waals surface area contributed by atoms with E-state index in [-0.39, 0.29) is 18.2 Å². The van der Waals surface area contributed by atoms with Crippen LogP contribution in [0.5, 0.6) is 0 Å². The number of nitrogens with zero attached hydrogens (tertiary/aromatic N) is 3. The highest BCUT2D eigenvalue weighted by molar-refractivity contribution is 5.91. The first-order valence-electron chi connectivity index (χ1n) is 5.26. The molecule has 0 saturated heterocycles. The van der Waals surface area contributed by atoms with Crippen molar-refractivity contribution < 1.29 is 9.32 Å². The quantitative estimate of drug-likeness (QED) is 0.878. The van der Waals surface area contributed by atoms with E-state index >= 15 is 0 Å². The van der Waals surface area contributed by atoms with Gasteiger partial charge in [0.15, 0.2) is 5.82 Å². The highest BCUT2D eigenvalue weighted by Crippen LogP contribution is 2.09. The molecule has 90 valence electrons. The number of aryl methyl sites for hydroxylation is 1. The minimum absolute atomic E-state index is 0.0286. The van der Waals surface area contributed by atoms with Gasteiger partial charge in [-0.05, 0) is 31.2 Å². The predicted octanol–water partition coefficient (Wildman–Crippen LogP) is 1.43. The molecule has 0 aliphatic rings. The lowest BCUT2D eigenvalue weighted by Gasteiger charge is -2.02. The molecule has 0 bridgehead atoms. The Balaban J connectivity index is 1.96. The second-order valence-corrected chi connectivity index (χ2v) is 3.65. The third-order valence-corrected chi connectivity index (χ3v) is 2.18. The van der Waals surface area contributed by atoms with Crippen LogP contribution in [0.1, 0.15) is 17.3 Å². The summed E-state index contributed by atoms with van der Waals surface area (Å²) in [5, 5.41) is 14.9. The molecular weight excluding hydrogens is 232 g/mol. The summed E-state index contributed by atoms with van der Waals surface area (Å²) >= 11 is 0. The minimum Gasteiger partial charge on any atom is -0.339 e. The van der Waals surface area contributed by atoms with Crippen molar-refractivity contribution in [3.63, 3.8) is 0 Å². The molecule has 0 saturated carbocycles. The Hall–Kier alpha value is -2.68. The number of hydrogen-bond acceptors (Lipinski definition) is 5. The number of aromatic nitrogens is 2. The lowest BCUT2D eigenvalue weighted by molar-refractivity contribution is -0.115. The summed E-state index contributed by atoms with van der Waals surface area (Å²) in [4.78, 5) is 15.6. The van der Waals surface area contributed by atoms with Gasteiger partial charge in [-0.3, -0.25) is 4.79 Å². The first kappa shape index (κ1) is 11.8. The third kappa shape index (κ3) is 2.92. The van der Waals surface area contributed by atoms with E-state index in [1.165, 1.54) is 0 Å². The summed E-state index contributed by atoms with van der Waals surface area (Å²) in [5.74, 6) is 0.526. The van der Waals surface area contributed by atoms with E-state index in [1.807, 2.05) is 6.07 Å². The number of anilines is 1. The Morgan fingerprint density at radius 1 is 1.44 bits per heavy atom. The molecule has 0 unspecified atom stereocenters. The standard InChI is InChI=1S/C12H10N4O2/c1-8-14-12(18-16-8)6-11(17)15-10-4-2-9(7-13)3-5-10/h2-5H,6H2,1H3,(H,15,17). The van der Waals surface area contributed by atoms with Crippen LogP contribution in [0, 0.1) is 18.3 Å². The van der Waals surface area contributed by atoms with Gasteiger partial charge in [-0.15, -0.1) is 0 Å². The van der Waals surface area contributed by atoms with E-state index in [1.54, 1.807) is 31.2 Å². The molecule has 1 heterocycles. The van der Waals surface area contributed by atoms with Crippen LogP contribution >= 0.6 is 0 Å². The maximum Gasteiger partial charge on any atom is 0.236 e. The molecular formula is C12H10N4O2. The average Bonchev–Trinajstić information content (AvgIpc) is 2.75. The normalized spacial score (nSPS) is 9.78. The molecule has 0 aliphatic carbocycles. The molecule has 0 aliphatic heterocycles. The maximum absolute atomic E-state index is 11.6. The molecule has 18 heavy (non-hydrogen) atoms. The number of amides is 1. The van der Waals surface area contributed by atoms with Crippen molar-refractivity contribution in [2.24, 2.45) is 0 Å². The number of nitrogens with one attached hydrogen (secondary N) is 1. The van der Waals surface area contributed by atoms with E-state index < -0.39 is 0 Å². The number of carbonyl (C=O) groups excluding carboxylic acids is 1. The zero-order valence-corrected chi connectivity index (χ0v) is 9.67. The molecule has 2 rings (SSSR count). The Morgan fingerprint density at radius 3 is 2.72 bits per heavy atom. The summed E-state index contributed by atoms with van der Waals surface area (Å²) in [6.07, 6.45) is 0.0286. The fourth-order valence-electron chi connectivity index (χ4n) is 1.38. The fraction of sp³-hybridized carbons (Fsp3) is 0.167. The summed E-state index contributed by atoms with van der Waals surface area (Å²) in [6, 6.07) is 8.59. The zero-order valence-electron chi connectivity index (χ0n) is 9.67. The van der Waals surface area contributed by atoms with Crippen LogP contribution in [0.3, 0.4) is 0 Å². The van der Waals surface area contributed by atoms with Gasteiger partial charge >= 0.3 is 0 Å². The molecule has 6 nitrogen and oxygen atoms in total. The lowest BCUT2D eigenvalue weighted by atomic mass is 10.2. The van der Waals surface area contributed by atoms with Crippen molar-refractivity contribution in [2.75, 3.05) is 5.32 Å². The van der Waals surface area contributed by atoms with Crippen LogP contribution in [0.4, 0.5) is 5.69 Å². The molecule has 0 spiro atoms. The molecule has 2 aromatic rings. The predicted molar refractivity (Wildman–Crippen MR) is 62.5 cm³/mol. The van der Waals surface area contributed by atoms with Crippen molar-refractivity contribution in [3.05, 3.63) is 41.5 Å². The number of benzene rings is 1. The van der Waals surface area contributed by atoms with E-state index in [0.717, 1.165) is 0 Å². The largest absolute Gasteiger partial charge is 0.339 e. The summed E-state index contributed by atoms with van der Waals surface area (Å²) in [7, 11) is 0. The summed E-state index contributed by atoms with van der Waals surface area (Å²) in [5.41, 5.74) is 1.16. The Kier molecular flexibility index (Phi) is 3.34. The topological polar surface area (TPSA) is 91.8 Å². The molecule has 0 atom stereocenters. The second-order valence-electron chi connectivity index (χ2n) is 3.65. The van der Waals surface area contributed by atoms with Crippen LogP contribution < -0.4 is 5.32 Å². The molecule has 6 heteroatoms. The monoisotopic (exact) mass is 242 g/mol. The minimum atomic E-state index is -0.247. The smallest absolute Gasteiger partial charge is 0.236 e. The first-order chi connectivity index (χ1) is 8.67. The van der Waals surface area contributed by atoms with Gasteiger partial charge < -0.3 is 9.84 Å². The third-order valence-electron chi connectivity index (χ3n) is 2.18. The van der Waals surface area contributed by atoms with Gasteiger partial charge in [0.2, 0.25) is 11.8 Å². The molecule has 1 aromatic carbocycles. The van der Waals surface area contributed by atoms with Gasteiger partial charge in [-0.1, -0.05) is 5.16 Å². The highest BCUT2D eigenvalue weighted by Gasteiger charge is 2.09. The van der Waals surface area contributed by atoms with Gasteiger partial charge in [-0.25, -0.2) is 0 Å². The molecule has 1 N–H and O–H groups in total. The Bertz CT molecular complexity index is 595. The van der Waals surface area contributed by atoms with Gasteiger partial charge in [0, 0.05) is 5.69 Å². The molecule has 0 fully saturated rings. The van der Waals surface area contributed by atoms with Crippen molar-refractivity contribution in [1.29, 1.82) is 5.26 Å². The van der Waals surface area contributed by atoms with Gasteiger partial charge in [0.25, 0.3) is 0 Å². The maximum atomic E-state index is 11.6. The van der Waals surface area contributed by atoms with Crippen molar-refractivity contribution >= 4 is 11.6 Å². The lowest BCUT2D eigenvalue weighted by Crippen LogP contribution is -2.14. The highest BCUT2D eigenvalue weighted by atomic mass is 16.5. The SMILES string of the molecule is Cc1noc(CC(=O)Nc2ccc(C#N)cc2)n1. The van der Waals surface area contributed by atoms with Crippen LogP contribution in [0.15, 0.2) is 28.8 Å². The Labute approximate surface area is 103 Å². The van der Waals surface area contributed by atoms with Crippen LogP contribution in [0.25, 0.3) is 0 Å². The van der Waals surface area contributed by atoms with Crippen LogP contribution in [-0.2, 0) is 11.2 Å². The van der Waals surface area contributed by atoms with Crippen molar-refractivity contribution in [2.45, 2.75) is 13.3 Å². The van der Waals surface area contributed by atoms with Crippen molar-refractivity contribution in [1.82, 2.24) is 10.1 Å². The Morgan fingerprint density at radius 2 is 2.17 bits per heavy atom. The molecule has 0 radical (unpaired) electrons. The number of rotatable bonds is 3. The van der Waals surface area contributed by atoms with Crippen LogP contribution in [-0.4, -0.2) is 16.0 Å². The zero-order chi connectivity index (χ0) is 13.0. The fourth-order valence-corrected chi connectivity index (χ4v) is 1.38. The first-order valence-corrected chi connectivity index (χ1v) is 5.26. The van der Waals surface area contributed by atoms with Gasteiger partial charge in [0.05, 0.1) is 11.6 Å². The number of carbonyl (C=O) groups is 1. The van der Waals surface area contributed by atoms with E-state index in [0.29, 0.717) is 17.1 Å².